The highest BCUT2D eigenvalue weighted by atomic mass is 35.5. The lowest BCUT2D eigenvalue weighted by molar-refractivity contribution is 1.07. The topological polar surface area (TPSA) is 17.3 Å². The van der Waals surface area contributed by atoms with Crippen LogP contribution in [0, 0.1) is 6.92 Å². The zero-order valence-electron chi connectivity index (χ0n) is 12.3. The second kappa shape index (κ2) is 5.15. The van der Waals surface area contributed by atoms with E-state index in [4.69, 9.17) is 16.6 Å². The zero-order valence-corrected chi connectivity index (χ0v) is 13.0. The molecule has 4 rings (SSSR count). The first-order valence-corrected chi connectivity index (χ1v) is 7.82. The number of rotatable bonds is 2. The van der Waals surface area contributed by atoms with Crippen LogP contribution in [-0.2, 0) is 5.88 Å². The molecule has 0 atom stereocenters. The van der Waals surface area contributed by atoms with Crippen molar-refractivity contribution in [3.05, 3.63) is 72.1 Å². The van der Waals surface area contributed by atoms with Crippen LogP contribution in [0.15, 0.2) is 60.8 Å². The third-order valence-corrected chi connectivity index (χ3v) is 4.27. The summed E-state index contributed by atoms with van der Waals surface area (Å²) in [7, 11) is 0. The van der Waals surface area contributed by atoms with Crippen LogP contribution in [0.4, 0.5) is 0 Å². The van der Waals surface area contributed by atoms with E-state index < -0.39 is 0 Å². The molecule has 2 aromatic carbocycles. The Morgan fingerprint density at radius 3 is 2.64 bits per heavy atom. The Hall–Kier alpha value is -2.32. The van der Waals surface area contributed by atoms with Gasteiger partial charge in [-0.1, -0.05) is 42.5 Å². The zero-order chi connectivity index (χ0) is 15.1. The molecular formula is C19H15ClN2. The van der Waals surface area contributed by atoms with Gasteiger partial charge in [0.15, 0.2) is 0 Å². The summed E-state index contributed by atoms with van der Waals surface area (Å²) in [6, 6.07) is 18.9. The molecule has 0 N–H and O–H groups in total. The molecule has 0 spiro atoms. The van der Waals surface area contributed by atoms with Gasteiger partial charge in [-0.3, -0.25) is 0 Å². The molecule has 3 heteroatoms. The molecule has 22 heavy (non-hydrogen) atoms. The average molecular weight is 307 g/mol. The minimum atomic E-state index is 0.437. The first-order valence-electron chi connectivity index (χ1n) is 7.29. The third-order valence-electron chi connectivity index (χ3n) is 4.01. The quantitative estimate of drug-likeness (QED) is 0.465. The van der Waals surface area contributed by atoms with Gasteiger partial charge in [-0.25, -0.2) is 4.98 Å². The van der Waals surface area contributed by atoms with E-state index >= 15 is 0 Å². The maximum absolute atomic E-state index is 6.21. The van der Waals surface area contributed by atoms with Gasteiger partial charge in [0.25, 0.3) is 0 Å². The summed E-state index contributed by atoms with van der Waals surface area (Å²) in [5.74, 6) is 0.437. The number of nitrogens with zero attached hydrogens (tertiary/aromatic N) is 2. The summed E-state index contributed by atoms with van der Waals surface area (Å²) in [6.07, 6.45) is 2.09. The van der Waals surface area contributed by atoms with E-state index in [1.807, 2.05) is 6.07 Å². The molecule has 0 aliphatic carbocycles. The standard InChI is InChI=1S/C19H15ClN2/c1-13-6-9-18-21-19(17(11-20)22(18)12-13)16-8-7-14-4-2-3-5-15(14)10-16/h2-10,12H,11H2,1H3. The van der Waals surface area contributed by atoms with E-state index in [9.17, 15) is 0 Å². The Labute approximate surface area is 134 Å². The van der Waals surface area contributed by atoms with Gasteiger partial charge in [0.05, 0.1) is 17.3 Å². The number of aromatic nitrogens is 2. The fourth-order valence-electron chi connectivity index (χ4n) is 2.90. The Balaban J connectivity index is 1.98. The maximum atomic E-state index is 6.21. The van der Waals surface area contributed by atoms with E-state index in [0.29, 0.717) is 5.88 Å². The van der Waals surface area contributed by atoms with Crippen LogP contribution in [0.3, 0.4) is 0 Å². The van der Waals surface area contributed by atoms with Crippen LogP contribution < -0.4 is 0 Å². The number of fused-ring (bicyclic) bond motifs is 2. The molecule has 0 unspecified atom stereocenters. The molecular weight excluding hydrogens is 292 g/mol. The van der Waals surface area contributed by atoms with Crippen molar-refractivity contribution in [3.63, 3.8) is 0 Å². The number of pyridine rings is 1. The van der Waals surface area contributed by atoms with Gasteiger partial charge in [-0.2, -0.15) is 0 Å². The van der Waals surface area contributed by atoms with Crippen LogP contribution >= 0.6 is 11.6 Å². The molecule has 0 bridgehead atoms. The number of aryl methyl sites for hydroxylation is 1. The highest BCUT2D eigenvalue weighted by Gasteiger charge is 2.13. The predicted octanol–water partition coefficient (Wildman–Crippen LogP) is 5.20. The summed E-state index contributed by atoms with van der Waals surface area (Å²) in [6.45, 7) is 2.08. The van der Waals surface area contributed by atoms with Crippen LogP contribution in [-0.4, -0.2) is 9.38 Å². The molecule has 2 nitrogen and oxygen atoms in total. The number of alkyl halides is 1. The molecule has 2 aromatic heterocycles. The number of imidazole rings is 1. The van der Waals surface area contributed by atoms with Gasteiger partial charge in [0.1, 0.15) is 5.65 Å². The lowest BCUT2D eigenvalue weighted by atomic mass is 10.0. The lowest BCUT2D eigenvalue weighted by Gasteiger charge is -2.04. The number of hydrogen-bond acceptors (Lipinski definition) is 1. The van der Waals surface area contributed by atoms with Gasteiger partial charge in [0.2, 0.25) is 0 Å². The van der Waals surface area contributed by atoms with Crippen LogP contribution in [0.1, 0.15) is 11.3 Å². The fourth-order valence-corrected chi connectivity index (χ4v) is 3.15. The van der Waals surface area contributed by atoms with Crippen molar-refractivity contribution in [1.82, 2.24) is 9.38 Å². The predicted molar refractivity (Wildman–Crippen MR) is 92.4 cm³/mol. The third kappa shape index (κ3) is 2.08. The van der Waals surface area contributed by atoms with Gasteiger partial charge in [-0.15, -0.1) is 11.6 Å². The summed E-state index contributed by atoms with van der Waals surface area (Å²) in [5, 5.41) is 2.45. The van der Waals surface area contributed by atoms with E-state index in [0.717, 1.165) is 22.6 Å². The monoisotopic (exact) mass is 306 g/mol. The summed E-state index contributed by atoms with van der Waals surface area (Å²) in [4.78, 5) is 4.78. The van der Waals surface area contributed by atoms with Crippen molar-refractivity contribution in [2.45, 2.75) is 12.8 Å². The molecule has 4 aromatic rings. The van der Waals surface area contributed by atoms with E-state index in [1.54, 1.807) is 0 Å². The molecule has 2 heterocycles. The molecule has 0 amide bonds. The lowest BCUT2D eigenvalue weighted by Crippen LogP contribution is -1.92. The first kappa shape index (κ1) is 13.4. The summed E-state index contributed by atoms with van der Waals surface area (Å²) < 4.78 is 2.09. The van der Waals surface area contributed by atoms with E-state index in [2.05, 4.69) is 66.1 Å². The SMILES string of the molecule is Cc1ccc2nc(-c3ccc4ccccc4c3)c(CCl)n2c1. The van der Waals surface area contributed by atoms with E-state index in [1.165, 1.54) is 16.3 Å². The van der Waals surface area contributed by atoms with Gasteiger partial charge < -0.3 is 4.40 Å². The fraction of sp³-hybridized carbons (Fsp3) is 0.105. The Bertz CT molecular complexity index is 985. The first-order chi connectivity index (χ1) is 10.8. The normalized spacial score (nSPS) is 11.4. The number of hydrogen-bond donors (Lipinski definition) is 0. The van der Waals surface area contributed by atoms with E-state index in [-0.39, 0.29) is 0 Å². The highest BCUT2D eigenvalue weighted by Crippen LogP contribution is 2.28. The number of benzene rings is 2. The summed E-state index contributed by atoms with van der Waals surface area (Å²) >= 11 is 6.21. The maximum Gasteiger partial charge on any atom is 0.137 e. The van der Waals surface area contributed by atoms with Crippen molar-refractivity contribution in [3.8, 4) is 11.3 Å². The van der Waals surface area contributed by atoms with Gasteiger partial charge in [-0.05, 0) is 35.4 Å². The van der Waals surface area contributed by atoms with Crippen molar-refractivity contribution in [2.75, 3.05) is 0 Å². The molecule has 0 aliphatic rings. The second-order valence-electron chi connectivity index (χ2n) is 5.54. The molecule has 108 valence electrons. The van der Waals surface area contributed by atoms with Crippen molar-refractivity contribution >= 4 is 28.0 Å². The Morgan fingerprint density at radius 1 is 1.00 bits per heavy atom. The van der Waals surface area contributed by atoms with Crippen molar-refractivity contribution < 1.29 is 0 Å². The summed E-state index contributed by atoms with van der Waals surface area (Å²) in [5.41, 5.74) is 5.24. The van der Waals surface area contributed by atoms with Crippen LogP contribution in [0.25, 0.3) is 27.7 Å². The minimum Gasteiger partial charge on any atom is -0.302 e. The van der Waals surface area contributed by atoms with Crippen molar-refractivity contribution in [2.24, 2.45) is 0 Å². The molecule has 0 saturated carbocycles. The van der Waals surface area contributed by atoms with Gasteiger partial charge in [0, 0.05) is 11.8 Å². The van der Waals surface area contributed by atoms with Crippen LogP contribution in [0.5, 0.6) is 0 Å². The highest BCUT2D eigenvalue weighted by molar-refractivity contribution is 6.17. The molecule has 0 radical (unpaired) electrons. The molecule has 0 saturated heterocycles. The minimum absolute atomic E-state index is 0.437. The largest absolute Gasteiger partial charge is 0.302 e. The molecule has 0 aliphatic heterocycles. The average Bonchev–Trinajstić information content (AvgIpc) is 2.92. The Kier molecular flexibility index (Phi) is 3.12. The van der Waals surface area contributed by atoms with Crippen LogP contribution in [0.2, 0.25) is 0 Å². The number of halogens is 1. The van der Waals surface area contributed by atoms with Gasteiger partial charge >= 0.3 is 0 Å². The van der Waals surface area contributed by atoms with Crippen molar-refractivity contribution in [1.29, 1.82) is 0 Å². The Morgan fingerprint density at radius 2 is 1.82 bits per heavy atom. The second-order valence-corrected chi connectivity index (χ2v) is 5.80. The smallest absolute Gasteiger partial charge is 0.137 e. The molecule has 0 fully saturated rings.